The van der Waals surface area contributed by atoms with Gasteiger partial charge in [-0.3, -0.25) is 29.4 Å². The molecule has 1 aromatic carbocycles. The fourth-order valence-electron chi connectivity index (χ4n) is 3.04. The van der Waals surface area contributed by atoms with Crippen LogP contribution in [-0.2, 0) is 9.59 Å². The molecule has 4 amide bonds. The summed E-state index contributed by atoms with van der Waals surface area (Å²) in [6, 6.07) is 3.85. The molecule has 3 aliphatic rings. The van der Waals surface area contributed by atoms with E-state index in [0.717, 1.165) is 17.7 Å². The van der Waals surface area contributed by atoms with Gasteiger partial charge < -0.3 is 4.74 Å². The highest BCUT2D eigenvalue weighted by Crippen LogP contribution is 2.32. The average molecular weight is 328 g/mol. The van der Waals surface area contributed by atoms with Crippen LogP contribution in [0.15, 0.2) is 18.2 Å². The number of imide groups is 2. The average Bonchev–Trinajstić information content (AvgIpc) is 3.35. The summed E-state index contributed by atoms with van der Waals surface area (Å²) in [5.74, 6) is -0.878. The van der Waals surface area contributed by atoms with Crippen molar-refractivity contribution >= 4 is 23.6 Å². The van der Waals surface area contributed by atoms with Gasteiger partial charge >= 0.3 is 0 Å². The van der Waals surface area contributed by atoms with Crippen LogP contribution in [0.5, 0.6) is 5.75 Å². The molecule has 2 heterocycles. The molecule has 0 spiro atoms. The molecule has 0 aromatic heterocycles. The second-order valence-electron chi connectivity index (χ2n) is 6.41. The quantitative estimate of drug-likeness (QED) is 0.828. The van der Waals surface area contributed by atoms with Crippen molar-refractivity contribution in [2.75, 3.05) is 6.61 Å². The van der Waals surface area contributed by atoms with E-state index in [-0.39, 0.29) is 29.9 Å². The van der Waals surface area contributed by atoms with Crippen LogP contribution >= 0.6 is 0 Å². The minimum absolute atomic E-state index is 0.111. The van der Waals surface area contributed by atoms with Gasteiger partial charge in [0.05, 0.1) is 17.7 Å². The highest BCUT2D eigenvalue weighted by atomic mass is 16.5. The highest BCUT2D eigenvalue weighted by Gasteiger charge is 2.44. The monoisotopic (exact) mass is 328 g/mol. The summed E-state index contributed by atoms with van der Waals surface area (Å²) >= 11 is 0. The van der Waals surface area contributed by atoms with Gasteiger partial charge in [0.2, 0.25) is 11.8 Å². The van der Waals surface area contributed by atoms with Crippen LogP contribution in [0.3, 0.4) is 0 Å². The van der Waals surface area contributed by atoms with Gasteiger partial charge in [-0.2, -0.15) is 0 Å². The minimum Gasteiger partial charge on any atom is -0.493 e. The molecule has 1 saturated heterocycles. The Bertz CT molecular complexity index is 768. The van der Waals surface area contributed by atoms with Crippen LogP contribution < -0.4 is 10.1 Å². The lowest BCUT2D eigenvalue weighted by atomic mass is 10.0. The summed E-state index contributed by atoms with van der Waals surface area (Å²) in [6.45, 7) is 0.609. The Morgan fingerprint density at radius 3 is 2.50 bits per heavy atom. The van der Waals surface area contributed by atoms with Gasteiger partial charge in [-0.05, 0) is 43.4 Å². The van der Waals surface area contributed by atoms with E-state index in [1.54, 1.807) is 18.2 Å². The van der Waals surface area contributed by atoms with E-state index in [2.05, 4.69) is 5.32 Å². The number of nitrogens with zero attached hydrogens (tertiary/aromatic N) is 1. The molecule has 0 radical (unpaired) electrons. The van der Waals surface area contributed by atoms with Crippen molar-refractivity contribution in [3.63, 3.8) is 0 Å². The molecule has 2 aliphatic heterocycles. The number of benzene rings is 1. The Kier molecular flexibility index (Phi) is 3.37. The zero-order valence-corrected chi connectivity index (χ0v) is 12.9. The van der Waals surface area contributed by atoms with Crippen molar-refractivity contribution in [2.45, 2.75) is 31.7 Å². The lowest BCUT2D eigenvalue weighted by molar-refractivity contribution is -0.136. The van der Waals surface area contributed by atoms with Crippen molar-refractivity contribution < 1.29 is 23.9 Å². The molecule has 1 aromatic rings. The molecule has 1 N–H and O–H groups in total. The number of nitrogens with one attached hydrogen (secondary N) is 1. The highest BCUT2D eigenvalue weighted by molar-refractivity contribution is 6.23. The summed E-state index contributed by atoms with van der Waals surface area (Å²) in [5, 5.41) is 2.18. The molecule has 1 unspecified atom stereocenters. The van der Waals surface area contributed by atoms with Gasteiger partial charge in [-0.25, -0.2) is 0 Å². The summed E-state index contributed by atoms with van der Waals surface area (Å²) < 4.78 is 5.65. The van der Waals surface area contributed by atoms with Gasteiger partial charge in [0, 0.05) is 6.42 Å². The van der Waals surface area contributed by atoms with Gasteiger partial charge in [0.15, 0.2) is 0 Å². The van der Waals surface area contributed by atoms with Crippen LogP contribution in [0.4, 0.5) is 0 Å². The van der Waals surface area contributed by atoms with E-state index in [4.69, 9.17) is 4.74 Å². The molecule has 24 heavy (non-hydrogen) atoms. The first kappa shape index (κ1) is 14.9. The van der Waals surface area contributed by atoms with Gasteiger partial charge in [-0.1, -0.05) is 0 Å². The Labute approximate surface area is 137 Å². The molecule has 1 atom stereocenters. The molecule has 7 heteroatoms. The number of ether oxygens (including phenoxy) is 1. The molecule has 1 aliphatic carbocycles. The van der Waals surface area contributed by atoms with Crippen molar-refractivity contribution in [1.29, 1.82) is 0 Å². The molecular weight excluding hydrogens is 312 g/mol. The zero-order valence-electron chi connectivity index (χ0n) is 12.9. The SMILES string of the molecule is O=C1CCC(N2C(=O)c3ccc(OCC4CC4)cc3C2=O)C(=O)N1. The summed E-state index contributed by atoms with van der Waals surface area (Å²) in [5.41, 5.74) is 0.515. The van der Waals surface area contributed by atoms with E-state index in [0.29, 0.717) is 18.3 Å². The first-order valence-corrected chi connectivity index (χ1v) is 8.03. The maximum atomic E-state index is 12.6. The maximum absolute atomic E-state index is 12.6. The minimum atomic E-state index is -0.939. The molecule has 2 fully saturated rings. The molecule has 124 valence electrons. The maximum Gasteiger partial charge on any atom is 0.262 e. The lowest BCUT2D eigenvalue weighted by Gasteiger charge is -2.27. The predicted molar refractivity (Wildman–Crippen MR) is 81.3 cm³/mol. The Hall–Kier alpha value is -2.70. The van der Waals surface area contributed by atoms with E-state index in [9.17, 15) is 19.2 Å². The Morgan fingerprint density at radius 2 is 1.79 bits per heavy atom. The topological polar surface area (TPSA) is 92.8 Å². The van der Waals surface area contributed by atoms with Crippen molar-refractivity contribution in [1.82, 2.24) is 10.2 Å². The van der Waals surface area contributed by atoms with E-state index >= 15 is 0 Å². The Morgan fingerprint density at radius 1 is 1.04 bits per heavy atom. The smallest absolute Gasteiger partial charge is 0.262 e. The number of hydrogen-bond acceptors (Lipinski definition) is 5. The number of piperidine rings is 1. The van der Waals surface area contributed by atoms with Gasteiger partial charge in [0.25, 0.3) is 11.8 Å². The normalized spacial score (nSPS) is 23.3. The van der Waals surface area contributed by atoms with Crippen LogP contribution in [-0.4, -0.2) is 41.2 Å². The molecule has 4 rings (SSSR count). The summed E-state index contributed by atoms with van der Waals surface area (Å²) in [7, 11) is 0. The molecule has 7 nitrogen and oxygen atoms in total. The fourth-order valence-corrected chi connectivity index (χ4v) is 3.04. The van der Waals surface area contributed by atoms with Crippen LogP contribution in [0.2, 0.25) is 0 Å². The zero-order chi connectivity index (χ0) is 16.8. The number of amides is 4. The molecular formula is C17H16N2O5. The van der Waals surface area contributed by atoms with Crippen molar-refractivity contribution in [3.8, 4) is 5.75 Å². The van der Waals surface area contributed by atoms with Crippen LogP contribution in [0.1, 0.15) is 46.4 Å². The van der Waals surface area contributed by atoms with E-state index in [1.807, 2.05) is 0 Å². The van der Waals surface area contributed by atoms with Gasteiger partial charge in [-0.15, -0.1) is 0 Å². The number of carbonyl (C=O) groups is 4. The second kappa shape index (κ2) is 5.43. The van der Waals surface area contributed by atoms with Crippen LogP contribution in [0, 0.1) is 5.92 Å². The van der Waals surface area contributed by atoms with E-state index < -0.39 is 23.8 Å². The fraction of sp³-hybridized carbons (Fsp3) is 0.412. The number of fused-ring (bicyclic) bond motifs is 1. The number of rotatable bonds is 4. The first-order valence-electron chi connectivity index (χ1n) is 8.03. The second-order valence-corrected chi connectivity index (χ2v) is 6.41. The van der Waals surface area contributed by atoms with Gasteiger partial charge in [0.1, 0.15) is 11.8 Å². The van der Waals surface area contributed by atoms with Crippen molar-refractivity contribution in [3.05, 3.63) is 29.3 Å². The third-order valence-electron chi connectivity index (χ3n) is 4.59. The molecule has 1 saturated carbocycles. The Balaban J connectivity index is 1.57. The van der Waals surface area contributed by atoms with Crippen LogP contribution in [0.25, 0.3) is 0 Å². The third-order valence-corrected chi connectivity index (χ3v) is 4.59. The van der Waals surface area contributed by atoms with E-state index in [1.165, 1.54) is 0 Å². The first-order chi connectivity index (χ1) is 11.5. The summed E-state index contributed by atoms with van der Waals surface area (Å²) in [6.07, 6.45) is 2.58. The summed E-state index contributed by atoms with van der Waals surface area (Å²) in [4.78, 5) is 49.3. The third kappa shape index (κ3) is 2.46. The van der Waals surface area contributed by atoms with Crippen molar-refractivity contribution in [2.24, 2.45) is 5.92 Å². The number of hydrogen-bond donors (Lipinski definition) is 1. The largest absolute Gasteiger partial charge is 0.493 e. The predicted octanol–water partition coefficient (Wildman–Crippen LogP) is 0.877. The molecule has 0 bridgehead atoms. The standard InChI is InChI=1S/C17H16N2O5/c20-14-6-5-13(15(21)18-14)19-16(22)11-4-3-10(7-12(11)17(19)23)24-8-9-1-2-9/h3-4,7,9,13H,1-2,5-6,8H2,(H,18,20,21). The lowest BCUT2D eigenvalue weighted by Crippen LogP contribution is -2.54. The number of carbonyl (C=O) groups excluding carboxylic acids is 4.